The first-order valence-corrected chi connectivity index (χ1v) is 9.76. The fraction of sp³-hybridized carbons (Fsp3) is 0.619. The van der Waals surface area contributed by atoms with Crippen molar-refractivity contribution in [3.05, 3.63) is 35.9 Å². The minimum atomic E-state index is -0.904. The Hall–Kier alpha value is -1.61. The van der Waals surface area contributed by atoms with E-state index in [1.54, 1.807) is 0 Å². The Bertz CT molecular complexity index is 680. The number of nitrogens with one attached hydrogen (secondary N) is 1. The molecule has 3 aliphatic rings. The summed E-state index contributed by atoms with van der Waals surface area (Å²) in [7, 11) is 0. The number of amides is 1. The Labute approximate surface area is 167 Å². The highest BCUT2D eigenvalue weighted by atomic mass is 35.5. The third kappa shape index (κ3) is 4.45. The van der Waals surface area contributed by atoms with Crippen LogP contribution in [0.4, 0.5) is 0 Å². The van der Waals surface area contributed by atoms with E-state index in [4.69, 9.17) is 4.74 Å². The normalized spacial score (nSPS) is 27.4. The molecular formula is C21H28ClN3O2. The number of nitrogens with zero attached hydrogens (tertiary/aromatic N) is 2. The van der Waals surface area contributed by atoms with Crippen LogP contribution in [0.5, 0.6) is 0 Å². The Balaban J connectivity index is 0.00000210. The molecule has 0 aromatic heterocycles. The molecule has 3 fully saturated rings. The Morgan fingerprint density at radius 1 is 1.22 bits per heavy atom. The van der Waals surface area contributed by atoms with Gasteiger partial charge in [-0.1, -0.05) is 30.3 Å². The summed E-state index contributed by atoms with van der Waals surface area (Å²) in [6.07, 6.45) is 3.55. The van der Waals surface area contributed by atoms with Crippen LogP contribution in [0.25, 0.3) is 0 Å². The lowest BCUT2D eigenvalue weighted by atomic mass is 9.80. The molecule has 0 unspecified atom stereocenters. The largest absolute Gasteiger partial charge is 0.381 e. The highest BCUT2D eigenvalue weighted by Gasteiger charge is 2.46. The van der Waals surface area contributed by atoms with Crippen LogP contribution in [-0.2, 0) is 16.1 Å². The van der Waals surface area contributed by atoms with Gasteiger partial charge in [0.2, 0.25) is 5.91 Å². The van der Waals surface area contributed by atoms with Crippen molar-refractivity contribution in [2.24, 2.45) is 17.3 Å². The zero-order chi connectivity index (χ0) is 18.0. The molecule has 1 amide bonds. The number of rotatable bonds is 5. The van der Waals surface area contributed by atoms with Gasteiger partial charge in [0.15, 0.2) is 0 Å². The summed E-state index contributed by atoms with van der Waals surface area (Å²) in [6.45, 7) is 3.83. The molecule has 6 heteroatoms. The van der Waals surface area contributed by atoms with E-state index in [1.165, 1.54) is 18.4 Å². The molecule has 0 spiro atoms. The van der Waals surface area contributed by atoms with Gasteiger partial charge in [-0.05, 0) is 43.1 Å². The maximum atomic E-state index is 13.0. The van der Waals surface area contributed by atoms with E-state index in [2.05, 4.69) is 40.6 Å². The standard InChI is InChI=1S/C21H27N3O2.ClH/c22-15-21(8-10-26-11-9-21)20(25)23-19-14-24(13-18(19)17-6-7-17)12-16-4-2-1-3-5-16;/h1-5,17-19H,6-14H2,(H,23,25);1H/t18-,19+;/m1./s1. The smallest absolute Gasteiger partial charge is 0.240 e. The molecule has 1 aliphatic carbocycles. The summed E-state index contributed by atoms with van der Waals surface area (Å²) in [5.74, 6) is 1.16. The molecule has 1 aromatic rings. The van der Waals surface area contributed by atoms with Gasteiger partial charge in [0, 0.05) is 38.9 Å². The number of hydrogen-bond acceptors (Lipinski definition) is 4. The van der Waals surface area contributed by atoms with Crippen molar-refractivity contribution < 1.29 is 9.53 Å². The van der Waals surface area contributed by atoms with Crippen molar-refractivity contribution in [2.75, 3.05) is 26.3 Å². The molecule has 4 rings (SSSR count). The van der Waals surface area contributed by atoms with Crippen molar-refractivity contribution in [1.82, 2.24) is 10.2 Å². The van der Waals surface area contributed by atoms with E-state index in [0.717, 1.165) is 25.6 Å². The summed E-state index contributed by atoms with van der Waals surface area (Å²) in [6, 6.07) is 13.0. The van der Waals surface area contributed by atoms with E-state index in [9.17, 15) is 10.1 Å². The number of halogens is 1. The monoisotopic (exact) mass is 389 g/mol. The quantitative estimate of drug-likeness (QED) is 0.840. The van der Waals surface area contributed by atoms with Crippen molar-refractivity contribution >= 4 is 18.3 Å². The first kappa shape index (κ1) is 20.1. The number of likely N-dealkylation sites (tertiary alicyclic amines) is 1. The third-order valence-electron chi connectivity index (χ3n) is 6.23. The number of carbonyl (C=O) groups excluding carboxylic acids is 1. The van der Waals surface area contributed by atoms with Crippen LogP contribution in [-0.4, -0.2) is 43.2 Å². The van der Waals surface area contributed by atoms with Crippen LogP contribution in [0.3, 0.4) is 0 Å². The minimum Gasteiger partial charge on any atom is -0.381 e. The summed E-state index contributed by atoms with van der Waals surface area (Å²) < 4.78 is 5.36. The lowest BCUT2D eigenvalue weighted by Crippen LogP contribution is -2.50. The molecule has 5 nitrogen and oxygen atoms in total. The van der Waals surface area contributed by atoms with Gasteiger partial charge in [-0.25, -0.2) is 0 Å². The van der Waals surface area contributed by atoms with Crippen LogP contribution in [0.2, 0.25) is 0 Å². The van der Waals surface area contributed by atoms with Crippen LogP contribution >= 0.6 is 12.4 Å². The van der Waals surface area contributed by atoms with Crippen molar-refractivity contribution in [3.63, 3.8) is 0 Å². The number of ether oxygens (including phenoxy) is 1. The highest BCUT2D eigenvalue weighted by Crippen LogP contribution is 2.42. The lowest BCUT2D eigenvalue weighted by molar-refractivity contribution is -0.133. The second-order valence-corrected chi connectivity index (χ2v) is 8.07. The van der Waals surface area contributed by atoms with Gasteiger partial charge in [0.25, 0.3) is 0 Å². The molecule has 2 atom stereocenters. The van der Waals surface area contributed by atoms with Gasteiger partial charge in [-0.2, -0.15) is 5.26 Å². The molecule has 1 saturated carbocycles. The average molecular weight is 390 g/mol. The third-order valence-corrected chi connectivity index (χ3v) is 6.23. The van der Waals surface area contributed by atoms with Crippen LogP contribution in [0.1, 0.15) is 31.2 Å². The van der Waals surface area contributed by atoms with Gasteiger partial charge >= 0.3 is 0 Å². The molecular weight excluding hydrogens is 362 g/mol. The average Bonchev–Trinajstić information content (AvgIpc) is 3.45. The maximum absolute atomic E-state index is 13.0. The molecule has 0 bridgehead atoms. The minimum absolute atomic E-state index is 0. The molecule has 0 radical (unpaired) electrons. The van der Waals surface area contributed by atoms with E-state index < -0.39 is 5.41 Å². The highest BCUT2D eigenvalue weighted by molar-refractivity contribution is 5.86. The van der Waals surface area contributed by atoms with Gasteiger partial charge < -0.3 is 10.1 Å². The second kappa shape index (κ2) is 8.60. The van der Waals surface area contributed by atoms with Gasteiger partial charge in [0.1, 0.15) is 5.41 Å². The predicted molar refractivity (Wildman–Crippen MR) is 105 cm³/mol. The van der Waals surface area contributed by atoms with Gasteiger partial charge in [-0.3, -0.25) is 9.69 Å². The Morgan fingerprint density at radius 2 is 1.93 bits per heavy atom. The first-order valence-electron chi connectivity index (χ1n) is 9.76. The summed E-state index contributed by atoms with van der Waals surface area (Å²) in [5, 5.41) is 12.9. The molecule has 1 aromatic carbocycles. The number of hydrogen-bond donors (Lipinski definition) is 1. The maximum Gasteiger partial charge on any atom is 0.240 e. The fourth-order valence-electron chi connectivity index (χ4n) is 4.45. The number of benzene rings is 1. The van der Waals surface area contributed by atoms with Crippen molar-refractivity contribution in [3.8, 4) is 6.07 Å². The summed E-state index contributed by atoms with van der Waals surface area (Å²) in [4.78, 5) is 15.4. The lowest BCUT2D eigenvalue weighted by Gasteiger charge is -2.31. The number of carbonyl (C=O) groups is 1. The molecule has 1 N–H and O–H groups in total. The Morgan fingerprint density at radius 3 is 2.56 bits per heavy atom. The summed E-state index contributed by atoms with van der Waals surface area (Å²) >= 11 is 0. The zero-order valence-corrected chi connectivity index (χ0v) is 16.4. The SMILES string of the molecule is Cl.N#CC1(C(=O)N[C@H]2CN(Cc3ccccc3)C[C@@H]2C2CC2)CCOCC1. The van der Waals surface area contributed by atoms with Gasteiger partial charge in [-0.15, -0.1) is 12.4 Å². The Kier molecular flexibility index (Phi) is 6.41. The fourth-order valence-corrected chi connectivity index (χ4v) is 4.45. The molecule has 2 heterocycles. The van der Waals surface area contributed by atoms with Crippen LogP contribution < -0.4 is 5.32 Å². The molecule has 2 aliphatic heterocycles. The van der Waals surface area contributed by atoms with Crippen LogP contribution in [0, 0.1) is 28.6 Å². The van der Waals surface area contributed by atoms with Crippen molar-refractivity contribution in [2.45, 2.75) is 38.3 Å². The number of nitriles is 1. The van der Waals surface area contributed by atoms with E-state index in [0.29, 0.717) is 32.0 Å². The molecule has 146 valence electrons. The van der Waals surface area contributed by atoms with E-state index in [-0.39, 0.29) is 24.4 Å². The van der Waals surface area contributed by atoms with Gasteiger partial charge in [0.05, 0.1) is 6.07 Å². The van der Waals surface area contributed by atoms with Crippen molar-refractivity contribution in [1.29, 1.82) is 5.26 Å². The topological polar surface area (TPSA) is 65.4 Å². The zero-order valence-electron chi connectivity index (χ0n) is 15.6. The first-order chi connectivity index (χ1) is 12.7. The van der Waals surface area contributed by atoms with E-state index >= 15 is 0 Å². The molecule has 27 heavy (non-hydrogen) atoms. The summed E-state index contributed by atoms with van der Waals surface area (Å²) in [5.41, 5.74) is 0.408. The van der Waals surface area contributed by atoms with E-state index in [1.807, 2.05) is 6.07 Å². The van der Waals surface area contributed by atoms with Crippen LogP contribution in [0.15, 0.2) is 30.3 Å². The molecule has 2 saturated heterocycles. The second-order valence-electron chi connectivity index (χ2n) is 8.07. The predicted octanol–water partition coefficient (Wildman–Crippen LogP) is 2.76.